The molecule has 0 atom stereocenters. The molecule has 1 aliphatic rings. The van der Waals surface area contributed by atoms with Crippen LogP contribution in [-0.2, 0) is 6.54 Å². The van der Waals surface area contributed by atoms with Crippen molar-refractivity contribution in [2.24, 2.45) is 5.92 Å². The SMILES string of the molecule is Fc1ccc(-c2ccnc3nc(-c4n[nH]c5ccc(-c6cncc(CNCC7CCCC7)c6)nc45)[nH]c23)s1. The van der Waals surface area contributed by atoms with Crippen LogP contribution in [0.5, 0.6) is 0 Å². The molecule has 0 aliphatic heterocycles. The minimum Gasteiger partial charge on any atom is -0.335 e. The van der Waals surface area contributed by atoms with Crippen LogP contribution in [0.15, 0.2) is 55.0 Å². The topological polar surface area (TPSA) is 108 Å². The van der Waals surface area contributed by atoms with Gasteiger partial charge in [-0.25, -0.2) is 15.0 Å². The molecule has 8 nitrogen and oxygen atoms in total. The predicted octanol–water partition coefficient (Wildman–Crippen LogP) is 6.11. The Kier molecular flexibility index (Phi) is 5.90. The standard InChI is InChI=1S/C28H25FN8S/c29-23-8-7-22(38-23)19-9-10-32-27-24(19)34-28(35-27)26-25-21(36-37-26)6-5-20(33-25)18-11-17(14-31-15-18)13-30-12-16-3-1-2-4-16/h5-11,14-16,30H,1-4,12-13H2,(H,36,37)(H,32,34,35). The van der Waals surface area contributed by atoms with E-state index in [9.17, 15) is 4.39 Å². The van der Waals surface area contributed by atoms with Gasteiger partial charge < -0.3 is 10.3 Å². The quantitative estimate of drug-likeness (QED) is 0.233. The lowest BCUT2D eigenvalue weighted by Gasteiger charge is -2.11. The molecule has 7 rings (SSSR count). The van der Waals surface area contributed by atoms with E-state index in [1.54, 1.807) is 12.3 Å². The van der Waals surface area contributed by atoms with E-state index in [2.05, 4.69) is 41.5 Å². The molecular formula is C28H25FN8S. The average Bonchev–Trinajstić information content (AvgIpc) is 3.74. The van der Waals surface area contributed by atoms with Crippen molar-refractivity contribution < 1.29 is 4.39 Å². The van der Waals surface area contributed by atoms with Gasteiger partial charge >= 0.3 is 0 Å². The fraction of sp³-hybridized carbons (Fsp3) is 0.250. The number of hydrogen-bond acceptors (Lipinski definition) is 7. The predicted molar refractivity (Wildman–Crippen MR) is 147 cm³/mol. The zero-order valence-corrected chi connectivity index (χ0v) is 21.4. The zero-order valence-electron chi connectivity index (χ0n) is 20.5. The molecule has 6 heterocycles. The summed E-state index contributed by atoms with van der Waals surface area (Å²) in [4.78, 5) is 22.7. The van der Waals surface area contributed by atoms with E-state index in [-0.39, 0.29) is 5.13 Å². The number of nitrogens with zero attached hydrogens (tertiary/aromatic N) is 5. The first kappa shape index (κ1) is 23.1. The zero-order chi connectivity index (χ0) is 25.5. The second-order valence-corrected chi connectivity index (χ2v) is 10.8. The Morgan fingerprint density at radius 2 is 1.97 bits per heavy atom. The van der Waals surface area contributed by atoms with Crippen molar-refractivity contribution in [1.29, 1.82) is 0 Å². The van der Waals surface area contributed by atoms with Crippen molar-refractivity contribution in [3.8, 4) is 33.2 Å². The molecule has 0 spiro atoms. The van der Waals surface area contributed by atoms with Crippen molar-refractivity contribution in [2.45, 2.75) is 32.2 Å². The first-order valence-electron chi connectivity index (χ1n) is 12.8. The van der Waals surface area contributed by atoms with Gasteiger partial charge in [-0.05, 0) is 67.3 Å². The Bertz CT molecular complexity index is 1750. The van der Waals surface area contributed by atoms with E-state index in [0.717, 1.165) is 68.6 Å². The van der Waals surface area contributed by atoms with Gasteiger partial charge in [-0.15, -0.1) is 11.3 Å². The Morgan fingerprint density at radius 3 is 2.84 bits per heavy atom. The molecule has 38 heavy (non-hydrogen) atoms. The molecule has 6 aromatic heterocycles. The number of hydrogen-bond donors (Lipinski definition) is 3. The van der Waals surface area contributed by atoms with E-state index in [0.29, 0.717) is 22.7 Å². The number of rotatable bonds is 7. The molecule has 3 N–H and O–H groups in total. The summed E-state index contributed by atoms with van der Waals surface area (Å²) in [6.45, 7) is 1.85. The largest absolute Gasteiger partial charge is 0.335 e. The van der Waals surface area contributed by atoms with Gasteiger partial charge in [-0.1, -0.05) is 12.8 Å². The lowest BCUT2D eigenvalue weighted by molar-refractivity contribution is 0.489. The highest BCUT2D eigenvalue weighted by atomic mass is 32.1. The Hall–Kier alpha value is -4.02. The van der Waals surface area contributed by atoms with Crippen LogP contribution in [0, 0.1) is 11.0 Å². The third-order valence-electron chi connectivity index (χ3n) is 7.19. The fourth-order valence-electron chi connectivity index (χ4n) is 5.27. The highest BCUT2D eigenvalue weighted by Crippen LogP contribution is 2.34. The smallest absolute Gasteiger partial charge is 0.178 e. The highest BCUT2D eigenvalue weighted by molar-refractivity contribution is 7.14. The van der Waals surface area contributed by atoms with E-state index >= 15 is 0 Å². The Morgan fingerprint density at radius 1 is 1.05 bits per heavy atom. The van der Waals surface area contributed by atoms with Crippen molar-refractivity contribution in [3.05, 3.63) is 65.7 Å². The number of H-pyrrole nitrogens is 2. The number of fused-ring (bicyclic) bond motifs is 2. The molecule has 0 radical (unpaired) electrons. The first-order chi connectivity index (χ1) is 18.7. The lowest BCUT2D eigenvalue weighted by atomic mass is 10.1. The third kappa shape index (κ3) is 4.35. The van der Waals surface area contributed by atoms with Crippen LogP contribution in [0.3, 0.4) is 0 Å². The van der Waals surface area contributed by atoms with Gasteiger partial charge in [0.15, 0.2) is 22.3 Å². The maximum atomic E-state index is 13.7. The summed E-state index contributed by atoms with van der Waals surface area (Å²) in [6.07, 6.45) is 10.8. The number of nitrogens with one attached hydrogen (secondary N) is 3. The van der Waals surface area contributed by atoms with Crippen LogP contribution in [-0.4, -0.2) is 41.7 Å². The third-order valence-corrected chi connectivity index (χ3v) is 8.10. The molecule has 1 fully saturated rings. The van der Waals surface area contributed by atoms with Crippen LogP contribution in [0.4, 0.5) is 4.39 Å². The number of thiophene rings is 1. The van der Waals surface area contributed by atoms with Gasteiger partial charge in [0.2, 0.25) is 0 Å². The molecule has 190 valence electrons. The van der Waals surface area contributed by atoms with Gasteiger partial charge in [0, 0.05) is 41.1 Å². The van der Waals surface area contributed by atoms with Crippen LogP contribution >= 0.6 is 11.3 Å². The second kappa shape index (κ2) is 9.70. The summed E-state index contributed by atoms with van der Waals surface area (Å²) in [7, 11) is 0. The van der Waals surface area contributed by atoms with E-state index in [1.807, 2.05) is 30.6 Å². The van der Waals surface area contributed by atoms with E-state index in [4.69, 9.17) is 4.98 Å². The minimum absolute atomic E-state index is 0.233. The van der Waals surface area contributed by atoms with Crippen LogP contribution in [0.2, 0.25) is 0 Å². The van der Waals surface area contributed by atoms with Gasteiger partial charge in [-0.3, -0.25) is 10.1 Å². The molecule has 10 heteroatoms. The van der Waals surface area contributed by atoms with Crippen LogP contribution in [0.1, 0.15) is 31.2 Å². The normalized spacial score (nSPS) is 14.2. The molecule has 0 bridgehead atoms. The molecule has 0 aromatic carbocycles. The Labute approximate surface area is 221 Å². The molecule has 1 aliphatic carbocycles. The van der Waals surface area contributed by atoms with Crippen molar-refractivity contribution in [2.75, 3.05) is 6.54 Å². The summed E-state index contributed by atoms with van der Waals surface area (Å²) in [5, 5.41) is 10.9. The molecular weight excluding hydrogens is 499 g/mol. The van der Waals surface area contributed by atoms with Gasteiger partial charge in [0.25, 0.3) is 0 Å². The maximum absolute atomic E-state index is 13.7. The van der Waals surface area contributed by atoms with Crippen molar-refractivity contribution in [3.63, 3.8) is 0 Å². The number of imidazole rings is 1. The fourth-order valence-corrected chi connectivity index (χ4v) is 6.03. The van der Waals surface area contributed by atoms with E-state index in [1.165, 1.54) is 31.7 Å². The van der Waals surface area contributed by atoms with Gasteiger partial charge in [0.05, 0.1) is 16.7 Å². The Balaban J connectivity index is 1.20. The number of halogens is 1. The minimum atomic E-state index is -0.233. The molecule has 6 aromatic rings. The van der Waals surface area contributed by atoms with Gasteiger partial charge in [-0.2, -0.15) is 9.49 Å². The van der Waals surface area contributed by atoms with Crippen LogP contribution < -0.4 is 5.32 Å². The average molecular weight is 525 g/mol. The number of aromatic nitrogens is 7. The van der Waals surface area contributed by atoms with Crippen LogP contribution in [0.25, 0.3) is 55.4 Å². The van der Waals surface area contributed by atoms with Crippen molar-refractivity contribution >= 4 is 33.5 Å². The van der Waals surface area contributed by atoms with Gasteiger partial charge in [0.1, 0.15) is 5.52 Å². The number of aromatic amines is 2. The first-order valence-corrected chi connectivity index (χ1v) is 13.6. The summed E-state index contributed by atoms with van der Waals surface area (Å²) in [6, 6.07) is 11.2. The van der Waals surface area contributed by atoms with E-state index < -0.39 is 0 Å². The summed E-state index contributed by atoms with van der Waals surface area (Å²) in [5.74, 6) is 1.35. The van der Waals surface area contributed by atoms with Crippen molar-refractivity contribution in [1.82, 2.24) is 40.4 Å². The maximum Gasteiger partial charge on any atom is 0.178 e. The molecule has 0 saturated heterocycles. The summed E-state index contributed by atoms with van der Waals surface area (Å²) >= 11 is 1.09. The summed E-state index contributed by atoms with van der Waals surface area (Å²) in [5.41, 5.74) is 7.14. The summed E-state index contributed by atoms with van der Waals surface area (Å²) < 4.78 is 13.7. The number of pyridine rings is 3. The second-order valence-electron chi connectivity index (χ2n) is 9.77. The monoisotopic (exact) mass is 524 g/mol. The molecule has 0 unspecified atom stereocenters. The molecule has 1 saturated carbocycles. The highest BCUT2D eigenvalue weighted by Gasteiger charge is 2.18. The molecule has 0 amide bonds. The lowest BCUT2D eigenvalue weighted by Crippen LogP contribution is -2.20.